The van der Waals surface area contributed by atoms with Crippen molar-refractivity contribution in [1.82, 2.24) is 9.80 Å². The molecule has 3 atom stereocenters. The third-order valence-electron chi connectivity index (χ3n) is 4.89. The minimum absolute atomic E-state index is 0.304. The number of nitrogens with two attached hydrogens (primary N) is 1. The van der Waals surface area contributed by atoms with Crippen molar-refractivity contribution >= 4 is 0 Å². The van der Waals surface area contributed by atoms with E-state index >= 15 is 0 Å². The average Bonchev–Trinajstić information content (AvgIpc) is 2.28. The van der Waals surface area contributed by atoms with Gasteiger partial charge in [0.25, 0.3) is 0 Å². The molecule has 1 aliphatic heterocycles. The highest BCUT2D eigenvalue weighted by atomic mass is 15.3. The Hall–Kier alpha value is -0.120. The zero-order chi connectivity index (χ0) is 12.5. The second-order valence-electron chi connectivity index (χ2n) is 6.43. The van der Waals surface area contributed by atoms with Crippen LogP contribution in [0.4, 0.5) is 0 Å². The van der Waals surface area contributed by atoms with Gasteiger partial charge < -0.3 is 10.6 Å². The fraction of sp³-hybridized carbons (Fsp3) is 1.00. The van der Waals surface area contributed by atoms with Crippen molar-refractivity contribution in [3.8, 4) is 0 Å². The van der Waals surface area contributed by atoms with Crippen LogP contribution in [0.25, 0.3) is 0 Å². The van der Waals surface area contributed by atoms with Crippen LogP contribution >= 0.6 is 0 Å². The molecule has 17 heavy (non-hydrogen) atoms. The Bertz CT molecular complexity index is 256. The Morgan fingerprint density at radius 1 is 1.29 bits per heavy atom. The maximum atomic E-state index is 6.17. The lowest BCUT2D eigenvalue weighted by Gasteiger charge is -2.53. The molecule has 3 heteroatoms. The topological polar surface area (TPSA) is 32.5 Å². The molecule has 3 unspecified atom stereocenters. The number of hydrogen-bond acceptors (Lipinski definition) is 3. The molecule has 1 aliphatic carbocycles. The van der Waals surface area contributed by atoms with Crippen LogP contribution in [-0.4, -0.2) is 54.6 Å². The van der Waals surface area contributed by atoms with Crippen molar-refractivity contribution in [2.45, 2.75) is 51.1 Å². The third kappa shape index (κ3) is 2.67. The summed E-state index contributed by atoms with van der Waals surface area (Å²) in [6, 6.07) is 0.655. The van der Waals surface area contributed by atoms with E-state index in [1.807, 2.05) is 0 Å². The van der Waals surface area contributed by atoms with E-state index in [2.05, 4.69) is 30.7 Å². The first-order chi connectivity index (χ1) is 8.07. The Morgan fingerprint density at radius 3 is 2.65 bits per heavy atom. The summed E-state index contributed by atoms with van der Waals surface area (Å²) in [6.07, 6.45) is 5.36. The lowest BCUT2D eigenvalue weighted by Crippen LogP contribution is -2.64. The SMILES string of the molecule is CC1CCCC(CN)(N2CCN(C)CC2C)C1. The summed E-state index contributed by atoms with van der Waals surface area (Å²) in [7, 11) is 2.23. The summed E-state index contributed by atoms with van der Waals surface area (Å²) in [6.45, 7) is 9.18. The Labute approximate surface area is 106 Å². The number of likely N-dealkylation sites (N-methyl/N-ethyl adjacent to an activating group) is 1. The van der Waals surface area contributed by atoms with Crippen molar-refractivity contribution in [2.75, 3.05) is 33.2 Å². The second kappa shape index (κ2) is 5.25. The Morgan fingerprint density at radius 2 is 2.06 bits per heavy atom. The van der Waals surface area contributed by atoms with Crippen LogP contribution in [0.1, 0.15) is 39.5 Å². The van der Waals surface area contributed by atoms with E-state index in [0.717, 1.165) is 12.5 Å². The quantitative estimate of drug-likeness (QED) is 0.793. The molecule has 0 aromatic heterocycles. The smallest absolute Gasteiger partial charge is 0.0338 e. The van der Waals surface area contributed by atoms with Gasteiger partial charge >= 0.3 is 0 Å². The molecular weight excluding hydrogens is 210 g/mol. The van der Waals surface area contributed by atoms with E-state index in [-0.39, 0.29) is 0 Å². The van der Waals surface area contributed by atoms with Gasteiger partial charge in [0.15, 0.2) is 0 Å². The molecule has 1 saturated carbocycles. The molecule has 2 fully saturated rings. The van der Waals surface area contributed by atoms with Gasteiger partial charge in [-0.1, -0.05) is 19.8 Å². The summed E-state index contributed by atoms with van der Waals surface area (Å²) in [5, 5.41) is 0. The highest BCUT2D eigenvalue weighted by Gasteiger charge is 2.42. The first-order valence-electron chi connectivity index (χ1n) is 7.23. The minimum Gasteiger partial charge on any atom is -0.329 e. The summed E-state index contributed by atoms with van der Waals surface area (Å²) in [4.78, 5) is 5.17. The Kier molecular flexibility index (Phi) is 4.11. The molecule has 1 heterocycles. The summed E-state index contributed by atoms with van der Waals surface area (Å²) in [5.74, 6) is 0.846. The van der Waals surface area contributed by atoms with Gasteiger partial charge in [0.05, 0.1) is 0 Å². The summed E-state index contributed by atoms with van der Waals surface area (Å²) >= 11 is 0. The number of nitrogens with zero attached hydrogens (tertiary/aromatic N) is 2. The van der Waals surface area contributed by atoms with Crippen LogP contribution in [-0.2, 0) is 0 Å². The van der Waals surface area contributed by atoms with E-state index in [0.29, 0.717) is 11.6 Å². The van der Waals surface area contributed by atoms with Gasteiger partial charge in [-0.05, 0) is 32.7 Å². The van der Waals surface area contributed by atoms with Gasteiger partial charge in [-0.3, -0.25) is 4.90 Å². The predicted octanol–water partition coefficient (Wildman–Crippen LogP) is 1.53. The Balaban J connectivity index is 2.11. The van der Waals surface area contributed by atoms with E-state index in [1.54, 1.807) is 0 Å². The van der Waals surface area contributed by atoms with Crippen molar-refractivity contribution in [3.63, 3.8) is 0 Å². The largest absolute Gasteiger partial charge is 0.329 e. The zero-order valence-corrected chi connectivity index (χ0v) is 11.8. The minimum atomic E-state index is 0.304. The maximum absolute atomic E-state index is 6.17. The molecular formula is C14H29N3. The molecule has 0 radical (unpaired) electrons. The van der Waals surface area contributed by atoms with Crippen LogP contribution in [0.3, 0.4) is 0 Å². The van der Waals surface area contributed by atoms with Gasteiger partial charge in [-0.2, -0.15) is 0 Å². The molecule has 2 aliphatic rings. The second-order valence-corrected chi connectivity index (χ2v) is 6.43. The molecule has 0 amide bonds. The predicted molar refractivity (Wildman–Crippen MR) is 73.1 cm³/mol. The highest BCUT2D eigenvalue weighted by molar-refractivity contribution is 4.99. The van der Waals surface area contributed by atoms with E-state index in [9.17, 15) is 0 Å². The molecule has 1 saturated heterocycles. The molecule has 100 valence electrons. The maximum Gasteiger partial charge on any atom is 0.0338 e. The number of rotatable bonds is 2. The summed E-state index contributed by atoms with van der Waals surface area (Å²) < 4.78 is 0. The fourth-order valence-corrected chi connectivity index (χ4v) is 4.04. The van der Waals surface area contributed by atoms with Crippen LogP contribution in [0.2, 0.25) is 0 Å². The normalized spacial score (nSPS) is 41.6. The van der Waals surface area contributed by atoms with Gasteiger partial charge in [0.2, 0.25) is 0 Å². The molecule has 0 aromatic rings. The van der Waals surface area contributed by atoms with Crippen LogP contribution in [0, 0.1) is 5.92 Å². The van der Waals surface area contributed by atoms with Crippen LogP contribution in [0.5, 0.6) is 0 Å². The van der Waals surface area contributed by atoms with Crippen LogP contribution in [0.15, 0.2) is 0 Å². The number of piperazine rings is 1. The van der Waals surface area contributed by atoms with E-state index < -0.39 is 0 Å². The van der Waals surface area contributed by atoms with Crippen molar-refractivity contribution in [3.05, 3.63) is 0 Å². The van der Waals surface area contributed by atoms with Gasteiger partial charge in [0.1, 0.15) is 0 Å². The van der Waals surface area contributed by atoms with Crippen molar-refractivity contribution in [2.24, 2.45) is 11.7 Å². The lowest BCUT2D eigenvalue weighted by molar-refractivity contribution is -0.0272. The molecule has 0 aromatic carbocycles. The lowest BCUT2D eigenvalue weighted by atomic mass is 9.74. The third-order valence-corrected chi connectivity index (χ3v) is 4.89. The molecule has 0 spiro atoms. The molecule has 0 bridgehead atoms. The van der Waals surface area contributed by atoms with Gasteiger partial charge in [0, 0.05) is 37.8 Å². The standard InChI is InChI=1S/C14H29N3/c1-12-5-4-6-14(9-12,11-15)17-8-7-16(3)10-13(17)2/h12-13H,4-11,15H2,1-3H3. The average molecular weight is 239 g/mol. The fourth-order valence-electron chi connectivity index (χ4n) is 4.04. The highest BCUT2D eigenvalue weighted by Crippen LogP contribution is 2.37. The zero-order valence-electron chi connectivity index (χ0n) is 11.8. The van der Waals surface area contributed by atoms with Gasteiger partial charge in [-0.25, -0.2) is 0 Å². The first kappa shape index (κ1) is 13.3. The summed E-state index contributed by atoms with van der Waals surface area (Å²) in [5.41, 5.74) is 6.48. The van der Waals surface area contributed by atoms with Gasteiger partial charge in [-0.15, -0.1) is 0 Å². The first-order valence-corrected chi connectivity index (χ1v) is 7.23. The monoisotopic (exact) mass is 239 g/mol. The molecule has 2 N–H and O–H groups in total. The molecule has 3 nitrogen and oxygen atoms in total. The van der Waals surface area contributed by atoms with Crippen molar-refractivity contribution in [1.29, 1.82) is 0 Å². The van der Waals surface area contributed by atoms with E-state index in [4.69, 9.17) is 5.73 Å². The van der Waals surface area contributed by atoms with E-state index in [1.165, 1.54) is 45.3 Å². The van der Waals surface area contributed by atoms with Crippen molar-refractivity contribution < 1.29 is 0 Å². The number of hydrogen-bond donors (Lipinski definition) is 1. The molecule has 2 rings (SSSR count). The van der Waals surface area contributed by atoms with Crippen LogP contribution < -0.4 is 5.73 Å².